The number of rotatable bonds is 3. The van der Waals surface area contributed by atoms with Gasteiger partial charge in [0.15, 0.2) is 0 Å². The molecule has 1 aromatic rings. The van der Waals surface area contributed by atoms with Gasteiger partial charge in [0.1, 0.15) is 6.54 Å². The molecule has 3 rings (SSSR count). The number of hydrogen-bond acceptors (Lipinski definition) is 3. The van der Waals surface area contributed by atoms with Crippen LogP contribution in [-0.2, 0) is 14.4 Å². The highest BCUT2D eigenvalue weighted by Gasteiger charge is 2.52. The molecule has 5 nitrogen and oxygen atoms in total. The number of amides is 3. The van der Waals surface area contributed by atoms with Crippen LogP contribution in [0.25, 0.3) is 0 Å². The molecule has 2 aliphatic rings. The number of aryl methyl sites for hydroxylation is 2. The van der Waals surface area contributed by atoms with E-state index in [9.17, 15) is 14.4 Å². The number of anilines is 1. The minimum absolute atomic E-state index is 0.157. The van der Waals surface area contributed by atoms with Crippen LogP contribution in [0.2, 0.25) is 0 Å². The molecule has 1 aliphatic carbocycles. The normalized spacial score (nSPS) is 19.7. The van der Waals surface area contributed by atoms with E-state index in [4.69, 9.17) is 0 Å². The Morgan fingerprint density at radius 2 is 1.87 bits per heavy atom. The highest BCUT2D eigenvalue weighted by molar-refractivity contribution is 6.09. The monoisotopic (exact) mass is 314 g/mol. The van der Waals surface area contributed by atoms with Gasteiger partial charge in [0.2, 0.25) is 17.7 Å². The summed E-state index contributed by atoms with van der Waals surface area (Å²) in [4.78, 5) is 38.1. The van der Waals surface area contributed by atoms with Gasteiger partial charge in [-0.05, 0) is 49.9 Å². The molecule has 0 aromatic heterocycles. The van der Waals surface area contributed by atoms with Crippen LogP contribution in [0.4, 0.5) is 5.69 Å². The number of likely N-dealkylation sites (tertiary alicyclic amines) is 1. The van der Waals surface area contributed by atoms with E-state index in [2.05, 4.69) is 5.32 Å². The second-order valence-corrected chi connectivity index (χ2v) is 6.80. The predicted molar refractivity (Wildman–Crippen MR) is 86.8 cm³/mol. The van der Waals surface area contributed by atoms with Gasteiger partial charge >= 0.3 is 0 Å². The lowest BCUT2D eigenvalue weighted by molar-refractivity contribution is -0.143. The van der Waals surface area contributed by atoms with Crippen molar-refractivity contribution in [1.29, 1.82) is 0 Å². The van der Waals surface area contributed by atoms with Gasteiger partial charge in [-0.2, -0.15) is 0 Å². The molecule has 0 bridgehead atoms. The molecular formula is C18H22N2O3. The minimum Gasteiger partial charge on any atom is -0.325 e. The van der Waals surface area contributed by atoms with Crippen LogP contribution in [0.5, 0.6) is 0 Å². The summed E-state index contributed by atoms with van der Waals surface area (Å²) in [6.45, 7) is 3.79. The fraction of sp³-hybridized carbons (Fsp3) is 0.500. The van der Waals surface area contributed by atoms with Crippen molar-refractivity contribution in [3.05, 3.63) is 29.3 Å². The first-order valence-electron chi connectivity index (χ1n) is 8.13. The SMILES string of the molecule is Cc1ccc(NC(=O)CN2C(=O)CC3(CCCC3)C2=O)cc1C. The molecule has 122 valence electrons. The van der Waals surface area contributed by atoms with Gasteiger partial charge in [-0.3, -0.25) is 19.3 Å². The van der Waals surface area contributed by atoms with E-state index in [0.29, 0.717) is 5.69 Å². The first-order valence-corrected chi connectivity index (χ1v) is 8.13. The fourth-order valence-corrected chi connectivity index (χ4v) is 3.63. The van der Waals surface area contributed by atoms with Crippen LogP contribution < -0.4 is 5.32 Å². The topological polar surface area (TPSA) is 66.5 Å². The summed E-state index contributed by atoms with van der Waals surface area (Å²) in [6, 6.07) is 5.65. The number of carbonyl (C=O) groups excluding carboxylic acids is 3. The number of nitrogens with one attached hydrogen (secondary N) is 1. The van der Waals surface area contributed by atoms with E-state index in [1.165, 1.54) is 0 Å². The van der Waals surface area contributed by atoms with Gasteiger partial charge in [0.05, 0.1) is 5.41 Å². The summed E-state index contributed by atoms with van der Waals surface area (Å²) >= 11 is 0. The Hall–Kier alpha value is -2.17. The molecule has 1 N–H and O–H groups in total. The zero-order valence-electron chi connectivity index (χ0n) is 13.6. The van der Waals surface area contributed by atoms with Crippen molar-refractivity contribution in [2.45, 2.75) is 46.0 Å². The average molecular weight is 314 g/mol. The molecule has 23 heavy (non-hydrogen) atoms. The van der Waals surface area contributed by atoms with E-state index in [-0.39, 0.29) is 30.7 Å². The van der Waals surface area contributed by atoms with Crippen LogP contribution in [-0.4, -0.2) is 29.2 Å². The first-order chi connectivity index (χ1) is 10.9. The number of benzene rings is 1. The molecule has 1 aliphatic heterocycles. The largest absolute Gasteiger partial charge is 0.325 e. The predicted octanol–water partition coefficient (Wildman–Crippen LogP) is 2.56. The molecule has 1 saturated heterocycles. The summed E-state index contributed by atoms with van der Waals surface area (Å²) in [5, 5.41) is 2.77. The van der Waals surface area contributed by atoms with Crippen LogP contribution in [0.3, 0.4) is 0 Å². The molecule has 1 aromatic carbocycles. The summed E-state index contributed by atoms with van der Waals surface area (Å²) in [6.07, 6.45) is 3.78. The zero-order chi connectivity index (χ0) is 16.6. The summed E-state index contributed by atoms with van der Waals surface area (Å²) < 4.78 is 0. The lowest BCUT2D eigenvalue weighted by atomic mass is 9.84. The fourth-order valence-electron chi connectivity index (χ4n) is 3.63. The maximum atomic E-state index is 12.6. The highest BCUT2D eigenvalue weighted by atomic mass is 16.2. The van der Waals surface area contributed by atoms with E-state index in [1.54, 1.807) is 0 Å². The Morgan fingerprint density at radius 3 is 2.52 bits per heavy atom. The van der Waals surface area contributed by atoms with Crippen molar-refractivity contribution in [3.8, 4) is 0 Å². The van der Waals surface area contributed by atoms with Crippen LogP contribution >= 0.6 is 0 Å². The summed E-state index contributed by atoms with van der Waals surface area (Å²) in [7, 11) is 0. The van der Waals surface area contributed by atoms with E-state index in [0.717, 1.165) is 41.7 Å². The number of carbonyl (C=O) groups is 3. The third kappa shape index (κ3) is 2.87. The van der Waals surface area contributed by atoms with Gasteiger partial charge in [0.25, 0.3) is 0 Å². The van der Waals surface area contributed by atoms with Gasteiger partial charge in [0, 0.05) is 12.1 Å². The Kier molecular flexibility index (Phi) is 3.96. The van der Waals surface area contributed by atoms with E-state index in [1.807, 2.05) is 32.0 Å². The second kappa shape index (κ2) is 5.80. The van der Waals surface area contributed by atoms with Crippen molar-refractivity contribution in [1.82, 2.24) is 4.90 Å². The molecule has 1 saturated carbocycles. The molecule has 2 fully saturated rings. The third-order valence-corrected chi connectivity index (χ3v) is 5.14. The molecule has 3 amide bonds. The number of hydrogen-bond donors (Lipinski definition) is 1. The van der Waals surface area contributed by atoms with Crippen molar-refractivity contribution in [2.24, 2.45) is 5.41 Å². The summed E-state index contributed by atoms with van der Waals surface area (Å²) in [5.41, 5.74) is 2.41. The number of imide groups is 1. The van der Waals surface area contributed by atoms with Gasteiger partial charge < -0.3 is 5.32 Å². The zero-order valence-corrected chi connectivity index (χ0v) is 13.6. The van der Waals surface area contributed by atoms with Crippen LogP contribution in [0, 0.1) is 19.3 Å². The van der Waals surface area contributed by atoms with Crippen molar-refractivity contribution in [3.63, 3.8) is 0 Å². The molecular weight excluding hydrogens is 292 g/mol. The molecule has 5 heteroatoms. The third-order valence-electron chi connectivity index (χ3n) is 5.14. The van der Waals surface area contributed by atoms with Gasteiger partial charge in [-0.25, -0.2) is 0 Å². The molecule has 0 unspecified atom stereocenters. The minimum atomic E-state index is -0.516. The lowest BCUT2D eigenvalue weighted by Gasteiger charge is -2.20. The van der Waals surface area contributed by atoms with Crippen LogP contribution in [0.15, 0.2) is 18.2 Å². The molecule has 0 radical (unpaired) electrons. The standard InChI is InChI=1S/C18H22N2O3/c1-12-5-6-14(9-13(12)2)19-15(21)11-20-16(22)10-18(17(20)23)7-3-4-8-18/h5-6,9H,3-4,7-8,10-11H2,1-2H3,(H,19,21). The van der Waals surface area contributed by atoms with E-state index < -0.39 is 5.41 Å². The second-order valence-electron chi connectivity index (χ2n) is 6.80. The molecule has 0 atom stereocenters. The Bertz CT molecular complexity index is 675. The van der Waals surface area contributed by atoms with Crippen molar-refractivity contribution in [2.75, 3.05) is 11.9 Å². The Balaban J connectivity index is 1.66. The molecule has 1 heterocycles. The maximum Gasteiger partial charge on any atom is 0.244 e. The average Bonchev–Trinajstić information content (AvgIpc) is 3.05. The molecule has 1 spiro atoms. The summed E-state index contributed by atoms with van der Waals surface area (Å²) in [5.74, 6) is -0.702. The number of nitrogens with zero attached hydrogens (tertiary/aromatic N) is 1. The van der Waals surface area contributed by atoms with Crippen molar-refractivity contribution >= 4 is 23.4 Å². The van der Waals surface area contributed by atoms with E-state index >= 15 is 0 Å². The quantitative estimate of drug-likeness (QED) is 0.872. The maximum absolute atomic E-state index is 12.6. The van der Waals surface area contributed by atoms with Crippen molar-refractivity contribution < 1.29 is 14.4 Å². The smallest absolute Gasteiger partial charge is 0.244 e. The van der Waals surface area contributed by atoms with Crippen LogP contribution in [0.1, 0.15) is 43.2 Å². The Morgan fingerprint density at radius 1 is 1.17 bits per heavy atom. The Labute approximate surface area is 136 Å². The highest BCUT2D eigenvalue weighted by Crippen LogP contribution is 2.46. The van der Waals surface area contributed by atoms with Gasteiger partial charge in [-0.1, -0.05) is 18.9 Å². The van der Waals surface area contributed by atoms with Gasteiger partial charge in [-0.15, -0.1) is 0 Å². The lowest BCUT2D eigenvalue weighted by Crippen LogP contribution is -2.39. The first kappa shape index (κ1) is 15.7.